The molecule has 0 amide bonds. The molecule has 2 saturated heterocycles. The van der Waals surface area contributed by atoms with Gasteiger partial charge in [-0.25, -0.2) is 0 Å². The van der Waals surface area contributed by atoms with Crippen molar-refractivity contribution in [2.24, 2.45) is 0 Å². The number of fused-ring (bicyclic) bond motifs is 2. The number of rotatable bonds is 3. The van der Waals surface area contributed by atoms with Gasteiger partial charge < -0.3 is 4.74 Å². The lowest BCUT2D eigenvalue weighted by Gasteiger charge is -2.27. The molecule has 2 aliphatic rings. The van der Waals surface area contributed by atoms with E-state index in [0.29, 0.717) is 23.7 Å². The minimum absolute atomic E-state index is 0.0613. The van der Waals surface area contributed by atoms with Crippen LogP contribution in [0.2, 0.25) is 5.02 Å². The highest BCUT2D eigenvalue weighted by Crippen LogP contribution is 2.32. The first-order valence-electron chi connectivity index (χ1n) is 6.33. The van der Waals surface area contributed by atoms with Gasteiger partial charge in [-0.15, -0.1) is 0 Å². The summed E-state index contributed by atoms with van der Waals surface area (Å²) in [6.07, 6.45) is 1.40. The van der Waals surface area contributed by atoms with Crippen LogP contribution in [-0.2, 0) is 11.3 Å². The van der Waals surface area contributed by atoms with Crippen LogP contribution in [0.1, 0.15) is 17.5 Å². The molecule has 0 aromatic heterocycles. The van der Waals surface area contributed by atoms with Crippen LogP contribution in [0.4, 0.5) is 5.69 Å². The molecule has 1 aromatic rings. The zero-order chi connectivity index (χ0) is 13.6. The van der Waals surface area contributed by atoms with Crippen LogP contribution in [0, 0.1) is 17.0 Å². The summed E-state index contributed by atoms with van der Waals surface area (Å²) in [5, 5.41) is 11.4. The minimum atomic E-state index is -0.395. The largest absolute Gasteiger partial charge is 0.375 e. The van der Waals surface area contributed by atoms with Gasteiger partial charge in [0.05, 0.1) is 22.7 Å². The monoisotopic (exact) mass is 282 g/mol. The van der Waals surface area contributed by atoms with Gasteiger partial charge >= 0.3 is 0 Å². The van der Waals surface area contributed by atoms with Crippen molar-refractivity contribution in [1.82, 2.24) is 4.90 Å². The van der Waals surface area contributed by atoms with E-state index < -0.39 is 4.92 Å². The average molecular weight is 283 g/mol. The number of halogens is 1. The minimum Gasteiger partial charge on any atom is -0.375 e. The summed E-state index contributed by atoms with van der Waals surface area (Å²) < 4.78 is 5.56. The predicted molar refractivity (Wildman–Crippen MR) is 71.4 cm³/mol. The molecule has 0 saturated carbocycles. The van der Waals surface area contributed by atoms with Crippen molar-refractivity contribution < 1.29 is 9.66 Å². The van der Waals surface area contributed by atoms with Crippen molar-refractivity contribution in [2.45, 2.75) is 32.0 Å². The van der Waals surface area contributed by atoms with Crippen molar-refractivity contribution in [3.63, 3.8) is 0 Å². The summed E-state index contributed by atoms with van der Waals surface area (Å²) in [5.41, 5.74) is 1.92. The van der Waals surface area contributed by atoms with Gasteiger partial charge in [-0.05, 0) is 24.5 Å². The molecule has 0 spiro atoms. The van der Waals surface area contributed by atoms with Gasteiger partial charge in [0.2, 0.25) is 0 Å². The Kier molecular flexibility index (Phi) is 3.20. The van der Waals surface area contributed by atoms with E-state index in [1.807, 2.05) is 6.92 Å². The Morgan fingerprint density at radius 3 is 2.95 bits per heavy atom. The predicted octanol–water partition coefficient (Wildman–Crippen LogP) is 2.53. The number of benzene rings is 1. The van der Waals surface area contributed by atoms with Crippen LogP contribution in [-0.4, -0.2) is 35.1 Å². The summed E-state index contributed by atoms with van der Waals surface area (Å²) in [7, 11) is 0. The van der Waals surface area contributed by atoms with Crippen molar-refractivity contribution in [1.29, 1.82) is 0 Å². The van der Waals surface area contributed by atoms with Crippen molar-refractivity contribution >= 4 is 17.3 Å². The normalized spacial score (nSPS) is 26.0. The van der Waals surface area contributed by atoms with E-state index in [4.69, 9.17) is 16.3 Å². The molecular formula is C13H15ClN2O3. The third kappa shape index (κ3) is 2.33. The fourth-order valence-corrected chi connectivity index (χ4v) is 3.11. The standard InChI is InChI=1S/C13H15ClN2O3/c1-8-9(2-10(16(17)18)4-13(8)14)5-15-6-12-3-11(15)7-19-12/h2,4,11-12H,3,5-7H2,1H3. The molecule has 6 heteroatoms. The Labute approximate surface area is 116 Å². The van der Waals surface area contributed by atoms with Gasteiger partial charge in [0, 0.05) is 31.3 Å². The maximum absolute atomic E-state index is 10.9. The van der Waals surface area contributed by atoms with E-state index in [-0.39, 0.29) is 5.69 Å². The number of nitro groups is 1. The van der Waals surface area contributed by atoms with Crippen LogP contribution < -0.4 is 0 Å². The zero-order valence-corrected chi connectivity index (χ0v) is 11.4. The number of nitro benzene ring substituents is 1. The Morgan fingerprint density at radius 2 is 2.37 bits per heavy atom. The second kappa shape index (κ2) is 4.74. The topological polar surface area (TPSA) is 55.6 Å². The second-order valence-electron chi connectivity index (χ2n) is 5.24. The van der Waals surface area contributed by atoms with Crippen LogP contribution in [0.25, 0.3) is 0 Å². The molecule has 19 heavy (non-hydrogen) atoms. The maximum Gasteiger partial charge on any atom is 0.271 e. The lowest BCUT2D eigenvalue weighted by molar-refractivity contribution is -0.384. The summed E-state index contributed by atoms with van der Waals surface area (Å²) in [5.74, 6) is 0. The number of likely N-dealkylation sites (tertiary alicyclic amines) is 1. The SMILES string of the molecule is Cc1c(Cl)cc([N+](=O)[O-])cc1CN1CC2CC1CO2. The smallest absolute Gasteiger partial charge is 0.271 e. The molecule has 102 valence electrons. The molecule has 0 aliphatic carbocycles. The van der Waals surface area contributed by atoms with Gasteiger partial charge in [0.1, 0.15) is 0 Å². The molecule has 2 unspecified atom stereocenters. The number of non-ortho nitro benzene ring substituents is 1. The molecule has 2 bridgehead atoms. The summed E-state index contributed by atoms with van der Waals surface area (Å²) >= 11 is 6.08. The number of nitrogens with zero attached hydrogens (tertiary/aromatic N) is 2. The Hall–Kier alpha value is -1.17. The summed E-state index contributed by atoms with van der Waals surface area (Å²) in [6.45, 7) is 4.29. The number of ether oxygens (including phenoxy) is 1. The molecule has 0 radical (unpaired) electrons. The number of morpholine rings is 1. The van der Waals surface area contributed by atoms with Crippen LogP contribution >= 0.6 is 11.6 Å². The van der Waals surface area contributed by atoms with Crippen molar-refractivity contribution in [2.75, 3.05) is 13.2 Å². The Bertz CT molecular complexity index is 535. The van der Waals surface area contributed by atoms with E-state index in [1.54, 1.807) is 6.07 Å². The van der Waals surface area contributed by atoms with E-state index in [9.17, 15) is 10.1 Å². The van der Waals surface area contributed by atoms with Gasteiger partial charge in [-0.3, -0.25) is 15.0 Å². The lowest BCUT2D eigenvalue weighted by atomic mass is 10.1. The quantitative estimate of drug-likeness (QED) is 0.631. The third-order valence-corrected chi connectivity index (χ3v) is 4.43. The zero-order valence-electron chi connectivity index (χ0n) is 10.6. The van der Waals surface area contributed by atoms with Crippen LogP contribution in [0.5, 0.6) is 0 Å². The van der Waals surface area contributed by atoms with Gasteiger partial charge in [-0.1, -0.05) is 11.6 Å². The first-order valence-corrected chi connectivity index (χ1v) is 6.71. The highest BCUT2D eigenvalue weighted by Gasteiger charge is 2.38. The molecule has 0 N–H and O–H groups in total. The van der Waals surface area contributed by atoms with Gasteiger partial charge in [-0.2, -0.15) is 0 Å². The fourth-order valence-electron chi connectivity index (χ4n) is 2.88. The summed E-state index contributed by atoms with van der Waals surface area (Å²) in [4.78, 5) is 12.8. The Morgan fingerprint density at radius 1 is 1.58 bits per heavy atom. The maximum atomic E-state index is 10.9. The lowest BCUT2D eigenvalue weighted by Crippen LogP contribution is -2.36. The molecule has 3 rings (SSSR count). The van der Waals surface area contributed by atoms with Crippen LogP contribution in [0.15, 0.2) is 12.1 Å². The second-order valence-corrected chi connectivity index (χ2v) is 5.65. The molecule has 2 atom stereocenters. The van der Waals surface area contributed by atoms with E-state index in [1.165, 1.54) is 6.07 Å². The fraction of sp³-hybridized carbons (Fsp3) is 0.538. The molecule has 1 aromatic carbocycles. The number of hydrogen-bond donors (Lipinski definition) is 0. The average Bonchev–Trinajstić information content (AvgIpc) is 2.96. The van der Waals surface area contributed by atoms with E-state index in [0.717, 1.165) is 30.7 Å². The molecular weight excluding hydrogens is 268 g/mol. The van der Waals surface area contributed by atoms with Gasteiger partial charge in [0.15, 0.2) is 0 Å². The van der Waals surface area contributed by atoms with Crippen molar-refractivity contribution in [3.05, 3.63) is 38.4 Å². The Balaban J connectivity index is 1.85. The van der Waals surface area contributed by atoms with Gasteiger partial charge in [0.25, 0.3) is 5.69 Å². The van der Waals surface area contributed by atoms with Crippen molar-refractivity contribution in [3.8, 4) is 0 Å². The summed E-state index contributed by atoms with van der Waals surface area (Å²) in [6, 6.07) is 3.50. The molecule has 2 heterocycles. The molecule has 2 fully saturated rings. The number of hydrogen-bond acceptors (Lipinski definition) is 4. The third-order valence-electron chi connectivity index (χ3n) is 4.03. The van der Waals surface area contributed by atoms with Crippen LogP contribution in [0.3, 0.4) is 0 Å². The van der Waals surface area contributed by atoms with E-state index in [2.05, 4.69) is 4.90 Å². The highest BCUT2D eigenvalue weighted by atomic mass is 35.5. The molecule has 5 nitrogen and oxygen atoms in total. The first kappa shape index (κ1) is 12.8. The first-order chi connectivity index (χ1) is 9.04. The highest BCUT2D eigenvalue weighted by molar-refractivity contribution is 6.31. The van der Waals surface area contributed by atoms with E-state index >= 15 is 0 Å². The molecule has 2 aliphatic heterocycles.